The van der Waals surface area contributed by atoms with Gasteiger partial charge < -0.3 is 19.5 Å². The third-order valence-electron chi connectivity index (χ3n) is 3.41. The van der Waals surface area contributed by atoms with Gasteiger partial charge in [-0.25, -0.2) is 0 Å². The first-order chi connectivity index (χ1) is 12.3. The molecule has 0 aliphatic heterocycles. The molecule has 0 aliphatic carbocycles. The summed E-state index contributed by atoms with van der Waals surface area (Å²) in [5.41, 5.74) is 1.31. The highest BCUT2D eigenvalue weighted by Gasteiger charge is 2.27. The van der Waals surface area contributed by atoms with Gasteiger partial charge in [0.05, 0.1) is 26.5 Å². The van der Waals surface area contributed by atoms with Crippen molar-refractivity contribution in [3.8, 4) is 11.5 Å². The molecule has 0 radical (unpaired) electrons. The van der Waals surface area contributed by atoms with E-state index in [0.29, 0.717) is 28.3 Å². The highest BCUT2D eigenvalue weighted by atomic mass is 19.4. The van der Waals surface area contributed by atoms with Gasteiger partial charge in [0.25, 0.3) is 5.91 Å². The average molecular weight is 369 g/mol. The number of hydrogen-bond donors (Lipinski definition) is 1. The van der Waals surface area contributed by atoms with Gasteiger partial charge in [-0.05, 0) is 29.8 Å². The van der Waals surface area contributed by atoms with Gasteiger partial charge in [0.2, 0.25) is 0 Å². The minimum atomic E-state index is -4.37. The molecule has 0 bridgehead atoms. The molecule has 2 aromatic carbocycles. The summed E-state index contributed by atoms with van der Waals surface area (Å²) in [5, 5.41) is 2.71. The Hall–Kier alpha value is -2.74. The lowest BCUT2D eigenvalue weighted by Crippen LogP contribution is -2.16. The summed E-state index contributed by atoms with van der Waals surface area (Å²) in [6, 6.07) is 11.1. The number of carbonyl (C=O) groups is 1. The molecular formula is C18H18F3NO4. The van der Waals surface area contributed by atoms with Crippen molar-refractivity contribution < 1.29 is 32.2 Å². The molecule has 0 fully saturated rings. The van der Waals surface area contributed by atoms with Gasteiger partial charge in [0.1, 0.15) is 18.1 Å². The van der Waals surface area contributed by atoms with Crippen molar-refractivity contribution in [2.24, 2.45) is 0 Å². The SMILES string of the molecule is COc1ccc(OC)c(NC(=O)c2ccc(COCC(F)(F)F)cc2)c1. The largest absolute Gasteiger partial charge is 0.497 e. The quantitative estimate of drug-likeness (QED) is 0.801. The number of methoxy groups -OCH3 is 2. The smallest absolute Gasteiger partial charge is 0.411 e. The van der Waals surface area contributed by atoms with E-state index in [9.17, 15) is 18.0 Å². The molecule has 0 saturated heterocycles. The Morgan fingerprint density at radius 3 is 2.31 bits per heavy atom. The Bertz CT molecular complexity index is 745. The second kappa shape index (κ2) is 8.57. The Morgan fingerprint density at radius 2 is 1.73 bits per heavy atom. The summed E-state index contributed by atoms with van der Waals surface area (Å²) < 4.78 is 51.1. The predicted molar refractivity (Wildman–Crippen MR) is 89.7 cm³/mol. The van der Waals surface area contributed by atoms with E-state index in [0.717, 1.165) is 0 Å². The van der Waals surface area contributed by atoms with Crippen molar-refractivity contribution >= 4 is 11.6 Å². The van der Waals surface area contributed by atoms with Crippen LogP contribution in [0.1, 0.15) is 15.9 Å². The van der Waals surface area contributed by atoms with Gasteiger partial charge in [-0.2, -0.15) is 13.2 Å². The van der Waals surface area contributed by atoms with Crippen LogP contribution in [0.4, 0.5) is 18.9 Å². The number of halogens is 3. The highest BCUT2D eigenvalue weighted by molar-refractivity contribution is 6.05. The molecule has 26 heavy (non-hydrogen) atoms. The lowest BCUT2D eigenvalue weighted by atomic mass is 10.1. The molecule has 0 spiro atoms. The number of ether oxygens (including phenoxy) is 3. The van der Waals surface area contributed by atoms with Crippen molar-refractivity contribution in [1.29, 1.82) is 0 Å². The van der Waals surface area contributed by atoms with Crippen molar-refractivity contribution in [3.05, 3.63) is 53.6 Å². The van der Waals surface area contributed by atoms with Crippen LogP contribution in [0.15, 0.2) is 42.5 Å². The first kappa shape index (κ1) is 19.6. The molecule has 0 aliphatic rings. The molecule has 8 heteroatoms. The Morgan fingerprint density at radius 1 is 1.04 bits per heavy atom. The van der Waals surface area contributed by atoms with E-state index in [-0.39, 0.29) is 12.5 Å². The fraction of sp³-hybridized carbons (Fsp3) is 0.278. The molecule has 140 valence electrons. The third kappa shape index (κ3) is 5.66. The standard InChI is InChI=1S/C18H18F3NO4/c1-24-14-7-8-16(25-2)15(9-14)22-17(23)13-5-3-12(4-6-13)10-26-11-18(19,20)21/h3-9H,10-11H2,1-2H3,(H,22,23). The van der Waals surface area contributed by atoms with E-state index in [1.165, 1.54) is 38.5 Å². The molecule has 0 saturated carbocycles. The van der Waals surface area contributed by atoms with E-state index in [1.807, 2.05) is 0 Å². The molecular weight excluding hydrogens is 351 g/mol. The Kier molecular flexibility index (Phi) is 6.46. The van der Waals surface area contributed by atoms with Gasteiger partial charge in [-0.15, -0.1) is 0 Å². The van der Waals surface area contributed by atoms with Crippen LogP contribution < -0.4 is 14.8 Å². The fourth-order valence-corrected chi connectivity index (χ4v) is 2.14. The fourth-order valence-electron chi connectivity index (χ4n) is 2.14. The van der Waals surface area contributed by atoms with E-state index in [1.54, 1.807) is 18.2 Å². The summed E-state index contributed by atoms with van der Waals surface area (Å²) in [4.78, 5) is 12.4. The van der Waals surface area contributed by atoms with Crippen molar-refractivity contribution in [2.45, 2.75) is 12.8 Å². The number of amides is 1. The Labute approximate surface area is 148 Å². The van der Waals surface area contributed by atoms with Gasteiger partial charge in [-0.3, -0.25) is 4.79 Å². The molecule has 2 aromatic rings. The maximum atomic E-state index is 12.4. The number of nitrogens with one attached hydrogen (secondary N) is 1. The lowest BCUT2D eigenvalue weighted by Gasteiger charge is -2.12. The minimum Gasteiger partial charge on any atom is -0.497 e. The van der Waals surface area contributed by atoms with E-state index >= 15 is 0 Å². The van der Waals surface area contributed by atoms with Crippen molar-refractivity contribution in [2.75, 3.05) is 26.1 Å². The zero-order valence-corrected chi connectivity index (χ0v) is 14.2. The lowest BCUT2D eigenvalue weighted by molar-refractivity contribution is -0.176. The normalized spacial score (nSPS) is 11.1. The maximum absolute atomic E-state index is 12.4. The monoisotopic (exact) mass is 369 g/mol. The van der Waals surface area contributed by atoms with Crippen LogP contribution in [0.5, 0.6) is 11.5 Å². The molecule has 0 heterocycles. The van der Waals surface area contributed by atoms with Crippen LogP contribution in [0.25, 0.3) is 0 Å². The van der Waals surface area contributed by atoms with Crippen molar-refractivity contribution in [1.82, 2.24) is 0 Å². The van der Waals surface area contributed by atoms with Crippen LogP contribution >= 0.6 is 0 Å². The van der Waals surface area contributed by atoms with Crippen LogP contribution in [-0.2, 0) is 11.3 Å². The minimum absolute atomic E-state index is 0.189. The molecule has 0 aromatic heterocycles. The van der Waals surface area contributed by atoms with Crippen LogP contribution in [0.2, 0.25) is 0 Å². The number of hydrogen-bond acceptors (Lipinski definition) is 4. The summed E-state index contributed by atoms with van der Waals surface area (Å²) >= 11 is 0. The second-order valence-electron chi connectivity index (χ2n) is 5.33. The van der Waals surface area contributed by atoms with Crippen LogP contribution in [0.3, 0.4) is 0 Å². The van der Waals surface area contributed by atoms with Crippen LogP contribution in [-0.4, -0.2) is 32.9 Å². The molecule has 5 nitrogen and oxygen atoms in total. The zero-order valence-electron chi connectivity index (χ0n) is 14.2. The Balaban J connectivity index is 2.02. The van der Waals surface area contributed by atoms with Gasteiger partial charge in [-0.1, -0.05) is 12.1 Å². The second-order valence-corrected chi connectivity index (χ2v) is 5.33. The van der Waals surface area contributed by atoms with Gasteiger partial charge >= 0.3 is 6.18 Å². The first-order valence-electron chi connectivity index (χ1n) is 7.59. The number of rotatable bonds is 7. The van der Waals surface area contributed by atoms with Crippen LogP contribution in [0, 0.1) is 0 Å². The number of benzene rings is 2. The molecule has 2 rings (SSSR count). The number of carbonyl (C=O) groups excluding carboxylic acids is 1. The third-order valence-corrected chi connectivity index (χ3v) is 3.41. The summed E-state index contributed by atoms with van der Waals surface area (Å²) in [6.45, 7) is -1.50. The predicted octanol–water partition coefficient (Wildman–Crippen LogP) is 4.04. The zero-order chi connectivity index (χ0) is 19.2. The molecule has 1 N–H and O–H groups in total. The van der Waals surface area contributed by atoms with E-state index in [4.69, 9.17) is 9.47 Å². The summed E-state index contributed by atoms with van der Waals surface area (Å²) in [6.07, 6.45) is -4.37. The van der Waals surface area contributed by atoms with E-state index < -0.39 is 12.8 Å². The molecule has 0 unspecified atom stereocenters. The van der Waals surface area contributed by atoms with Gasteiger partial charge in [0, 0.05) is 11.6 Å². The molecule has 1 amide bonds. The van der Waals surface area contributed by atoms with Gasteiger partial charge in [0.15, 0.2) is 0 Å². The molecule has 0 atom stereocenters. The summed E-state index contributed by atoms with van der Waals surface area (Å²) in [7, 11) is 2.99. The first-order valence-corrected chi connectivity index (χ1v) is 7.59. The summed E-state index contributed by atoms with van der Waals surface area (Å²) in [5.74, 6) is 0.633. The maximum Gasteiger partial charge on any atom is 0.411 e. The number of anilines is 1. The average Bonchev–Trinajstić information content (AvgIpc) is 2.61. The van der Waals surface area contributed by atoms with E-state index in [2.05, 4.69) is 10.1 Å². The highest BCUT2D eigenvalue weighted by Crippen LogP contribution is 2.29. The number of alkyl halides is 3. The topological polar surface area (TPSA) is 56.8 Å². The van der Waals surface area contributed by atoms with Crippen molar-refractivity contribution in [3.63, 3.8) is 0 Å².